The van der Waals surface area contributed by atoms with Crippen LogP contribution in [0.2, 0.25) is 0 Å². The highest BCUT2D eigenvalue weighted by molar-refractivity contribution is 7.80. The minimum atomic E-state index is -0.592. The second-order valence-corrected chi connectivity index (χ2v) is 3.29. The molecule has 0 aromatic heterocycles. The highest BCUT2D eigenvalue weighted by Gasteiger charge is 2.29. The van der Waals surface area contributed by atoms with E-state index >= 15 is 0 Å². The number of anilines is 1. The maximum atomic E-state index is 11.3. The van der Waals surface area contributed by atoms with Crippen molar-refractivity contribution in [3.63, 3.8) is 0 Å². The Morgan fingerprint density at radius 1 is 1.33 bits per heavy atom. The summed E-state index contributed by atoms with van der Waals surface area (Å²) in [7, 11) is 0. The maximum absolute atomic E-state index is 11.3. The molecule has 0 saturated heterocycles. The summed E-state index contributed by atoms with van der Waals surface area (Å²) in [5, 5.41) is 2.51. The molecule has 4 heteroatoms. The van der Waals surface area contributed by atoms with Crippen LogP contribution in [0, 0.1) is 11.8 Å². The summed E-state index contributed by atoms with van der Waals surface area (Å²) in [4.78, 5) is 22.5. The lowest BCUT2D eigenvalue weighted by Gasteiger charge is -1.99. The van der Waals surface area contributed by atoms with Gasteiger partial charge in [0, 0.05) is 5.56 Å². The predicted molar refractivity (Wildman–Crippen MR) is 60.1 cm³/mol. The summed E-state index contributed by atoms with van der Waals surface area (Å²) >= 11 is 3.96. The number of carbonyl (C=O) groups is 2. The van der Waals surface area contributed by atoms with Gasteiger partial charge in [0.05, 0.1) is 17.0 Å². The molecule has 0 unspecified atom stereocenters. The van der Waals surface area contributed by atoms with Crippen molar-refractivity contribution >= 4 is 30.0 Å². The van der Waals surface area contributed by atoms with E-state index in [-0.39, 0.29) is 0 Å². The third kappa shape index (κ3) is 1.62. The van der Waals surface area contributed by atoms with Crippen molar-refractivity contribution in [1.82, 2.24) is 0 Å². The number of hydrogen-bond acceptors (Lipinski definition) is 3. The molecule has 1 aliphatic heterocycles. The van der Waals surface area contributed by atoms with Gasteiger partial charge in [-0.25, -0.2) is 0 Å². The average Bonchev–Trinajstić information content (AvgIpc) is 2.53. The van der Waals surface area contributed by atoms with E-state index in [1.807, 2.05) is 0 Å². The molecule has 0 atom stereocenters. The van der Waals surface area contributed by atoms with Gasteiger partial charge in [0.25, 0.3) is 11.7 Å². The molecule has 1 aliphatic rings. The number of thiol groups is 1. The van der Waals surface area contributed by atoms with Gasteiger partial charge in [-0.2, -0.15) is 12.6 Å². The van der Waals surface area contributed by atoms with Gasteiger partial charge in [0.15, 0.2) is 0 Å². The number of Topliss-reactive ketones (excluding diaryl/α,β-unsaturated/α-hetero) is 1. The van der Waals surface area contributed by atoms with E-state index in [2.05, 4.69) is 29.8 Å². The molecule has 74 valence electrons. The molecule has 0 bridgehead atoms. The number of amides is 1. The van der Waals surface area contributed by atoms with E-state index < -0.39 is 11.7 Å². The number of nitrogens with one attached hydrogen (secondary N) is 1. The van der Waals surface area contributed by atoms with E-state index in [0.717, 1.165) is 0 Å². The number of hydrogen-bond donors (Lipinski definition) is 2. The van der Waals surface area contributed by atoms with Crippen LogP contribution in [0.3, 0.4) is 0 Å². The fraction of sp³-hybridized carbons (Fsp3) is 0.0909. The summed E-state index contributed by atoms with van der Waals surface area (Å²) in [6.45, 7) is 0. The first-order chi connectivity index (χ1) is 7.24. The summed E-state index contributed by atoms with van der Waals surface area (Å²) in [6.07, 6.45) is 0. The fourth-order valence-electron chi connectivity index (χ4n) is 1.41. The largest absolute Gasteiger partial charge is 0.317 e. The van der Waals surface area contributed by atoms with Crippen LogP contribution in [0.4, 0.5) is 5.69 Å². The molecule has 2 rings (SSSR count). The van der Waals surface area contributed by atoms with Crippen molar-refractivity contribution in [2.24, 2.45) is 0 Å². The molecule has 3 nitrogen and oxygen atoms in total. The Bertz CT molecular complexity index is 511. The first kappa shape index (κ1) is 9.81. The van der Waals surface area contributed by atoms with Gasteiger partial charge in [-0.1, -0.05) is 17.9 Å². The number of ketones is 1. The highest BCUT2D eigenvalue weighted by Crippen LogP contribution is 2.26. The smallest absolute Gasteiger partial charge is 0.296 e. The number of fused-ring (bicyclic) bond motifs is 1. The number of para-hydroxylation sites is 1. The van der Waals surface area contributed by atoms with E-state index in [0.29, 0.717) is 22.6 Å². The third-order valence-corrected chi connectivity index (χ3v) is 2.21. The van der Waals surface area contributed by atoms with Crippen molar-refractivity contribution in [3.05, 3.63) is 29.3 Å². The van der Waals surface area contributed by atoms with E-state index in [4.69, 9.17) is 0 Å². The highest BCUT2D eigenvalue weighted by atomic mass is 32.1. The summed E-state index contributed by atoms with van der Waals surface area (Å²) in [5.74, 6) is 4.96. The van der Waals surface area contributed by atoms with Gasteiger partial charge in [0.2, 0.25) is 0 Å². The molecule has 1 heterocycles. The van der Waals surface area contributed by atoms with Crippen LogP contribution < -0.4 is 5.32 Å². The Labute approximate surface area is 92.3 Å². The van der Waals surface area contributed by atoms with Gasteiger partial charge in [0.1, 0.15) is 0 Å². The van der Waals surface area contributed by atoms with Crippen molar-refractivity contribution in [3.8, 4) is 11.8 Å². The van der Waals surface area contributed by atoms with Crippen LogP contribution in [0.15, 0.2) is 18.2 Å². The van der Waals surface area contributed by atoms with Crippen LogP contribution in [0.5, 0.6) is 0 Å². The SMILES string of the molecule is O=C1Nc2c(C#CCS)cccc2C1=O. The van der Waals surface area contributed by atoms with Crippen molar-refractivity contribution < 1.29 is 9.59 Å². The molecule has 15 heavy (non-hydrogen) atoms. The Morgan fingerprint density at radius 2 is 2.13 bits per heavy atom. The summed E-state index contributed by atoms with van der Waals surface area (Å²) in [5.41, 5.74) is 1.56. The number of benzene rings is 1. The zero-order chi connectivity index (χ0) is 10.8. The average molecular weight is 217 g/mol. The molecule has 0 spiro atoms. The van der Waals surface area contributed by atoms with Crippen LogP contribution in [-0.4, -0.2) is 17.4 Å². The lowest BCUT2D eigenvalue weighted by molar-refractivity contribution is -0.112. The minimum Gasteiger partial charge on any atom is -0.317 e. The lowest BCUT2D eigenvalue weighted by atomic mass is 10.1. The van der Waals surface area contributed by atoms with Gasteiger partial charge in [-0.15, -0.1) is 0 Å². The Hall–Kier alpha value is -1.73. The van der Waals surface area contributed by atoms with Crippen molar-refractivity contribution in [1.29, 1.82) is 0 Å². The molecular formula is C11H7NO2S. The van der Waals surface area contributed by atoms with Crippen LogP contribution >= 0.6 is 12.6 Å². The molecule has 1 amide bonds. The standard InChI is InChI=1S/C11H7NO2S/c13-10-8-5-1-3-7(4-2-6-15)9(8)12-11(10)14/h1,3,5,15H,6H2,(H,12,13,14). The second-order valence-electron chi connectivity index (χ2n) is 2.97. The molecule has 1 aromatic carbocycles. The first-order valence-corrected chi connectivity index (χ1v) is 4.95. The quantitative estimate of drug-likeness (QED) is 0.388. The lowest BCUT2D eigenvalue weighted by Crippen LogP contribution is -2.12. The normalized spacial score (nSPS) is 12.9. The minimum absolute atomic E-state index is 0.394. The zero-order valence-electron chi connectivity index (χ0n) is 7.70. The molecule has 1 aromatic rings. The predicted octanol–water partition coefficient (Wildman–Crippen LogP) is 1.10. The molecular weight excluding hydrogens is 210 g/mol. The first-order valence-electron chi connectivity index (χ1n) is 4.32. The number of carbonyl (C=O) groups excluding carboxylic acids is 2. The van der Waals surface area contributed by atoms with E-state index in [9.17, 15) is 9.59 Å². The molecule has 0 radical (unpaired) electrons. The van der Waals surface area contributed by atoms with Gasteiger partial charge in [-0.05, 0) is 12.1 Å². The number of rotatable bonds is 0. The van der Waals surface area contributed by atoms with Crippen LogP contribution in [0.1, 0.15) is 15.9 Å². The van der Waals surface area contributed by atoms with Crippen molar-refractivity contribution in [2.75, 3.05) is 11.1 Å². The van der Waals surface area contributed by atoms with E-state index in [1.54, 1.807) is 18.2 Å². The summed E-state index contributed by atoms with van der Waals surface area (Å²) < 4.78 is 0. The van der Waals surface area contributed by atoms with Gasteiger partial charge >= 0.3 is 0 Å². The molecule has 0 saturated carbocycles. The second kappa shape index (κ2) is 3.79. The fourth-order valence-corrected chi connectivity index (χ4v) is 1.49. The van der Waals surface area contributed by atoms with Gasteiger partial charge in [-0.3, -0.25) is 9.59 Å². The van der Waals surface area contributed by atoms with Crippen molar-refractivity contribution in [2.45, 2.75) is 0 Å². The maximum Gasteiger partial charge on any atom is 0.296 e. The van der Waals surface area contributed by atoms with E-state index in [1.165, 1.54) is 0 Å². The van der Waals surface area contributed by atoms with Crippen LogP contribution in [0.25, 0.3) is 0 Å². The molecule has 0 fully saturated rings. The molecule has 1 N–H and O–H groups in total. The third-order valence-electron chi connectivity index (χ3n) is 2.06. The monoisotopic (exact) mass is 217 g/mol. The van der Waals surface area contributed by atoms with Gasteiger partial charge < -0.3 is 5.32 Å². The topological polar surface area (TPSA) is 46.2 Å². The molecule has 0 aliphatic carbocycles. The zero-order valence-corrected chi connectivity index (χ0v) is 8.60. The Morgan fingerprint density at radius 3 is 2.87 bits per heavy atom. The summed E-state index contributed by atoms with van der Waals surface area (Å²) in [6, 6.07) is 5.08. The Kier molecular flexibility index (Phi) is 2.48. The van der Waals surface area contributed by atoms with Crippen LogP contribution in [-0.2, 0) is 4.79 Å². The Balaban J connectivity index is 2.54.